The third-order valence-electron chi connectivity index (χ3n) is 7.65. The number of amides is 1. The summed E-state index contributed by atoms with van der Waals surface area (Å²) in [6.45, 7) is -0.961. The van der Waals surface area contributed by atoms with Crippen LogP contribution in [0.15, 0.2) is 70.3 Å². The van der Waals surface area contributed by atoms with E-state index in [-0.39, 0.29) is 30.3 Å². The third kappa shape index (κ3) is 6.72. The van der Waals surface area contributed by atoms with E-state index in [9.17, 15) is 23.2 Å². The van der Waals surface area contributed by atoms with E-state index in [0.717, 1.165) is 16.5 Å². The van der Waals surface area contributed by atoms with Crippen molar-refractivity contribution in [2.45, 2.75) is 38.1 Å². The number of aromatic nitrogens is 2. The van der Waals surface area contributed by atoms with Crippen LogP contribution in [0, 0.1) is 0 Å². The van der Waals surface area contributed by atoms with Gasteiger partial charge in [0.15, 0.2) is 17.6 Å². The molecular formula is C32H32ClF2N3O6. The highest BCUT2D eigenvalue weighted by atomic mass is 35.5. The number of carbonyl (C=O) groups is 1. The lowest BCUT2D eigenvalue weighted by molar-refractivity contribution is -0.119. The van der Waals surface area contributed by atoms with Crippen molar-refractivity contribution >= 4 is 28.9 Å². The molecule has 1 fully saturated rings. The topological polar surface area (TPSA) is 92.0 Å². The van der Waals surface area contributed by atoms with Gasteiger partial charge in [0.1, 0.15) is 25.7 Å². The fourth-order valence-electron chi connectivity index (χ4n) is 5.37. The van der Waals surface area contributed by atoms with Gasteiger partial charge < -0.3 is 19.1 Å². The molecule has 44 heavy (non-hydrogen) atoms. The fraction of sp³-hybridized carbons (Fsp3) is 0.344. The highest BCUT2D eigenvalue weighted by molar-refractivity contribution is 6.30. The van der Waals surface area contributed by atoms with Gasteiger partial charge in [0.05, 0.1) is 24.6 Å². The molecule has 1 aromatic heterocycles. The summed E-state index contributed by atoms with van der Waals surface area (Å²) < 4.78 is 46.0. The highest BCUT2D eigenvalue weighted by Crippen LogP contribution is 2.30. The smallest absolute Gasteiger partial charge is 0.332 e. The van der Waals surface area contributed by atoms with Gasteiger partial charge in [-0.2, -0.15) is 0 Å². The quantitative estimate of drug-likeness (QED) is 0.207. The Kier molecular flexibility index (Phi) is 9.84. The van der Waals surface area contributed by atoms with Gasteiger partial charge in [-0.05, 0) is 66.4 Å². The molecule has 0 bridgehead atoms. The van der Waals surface area contributed by atoms with E-state index in [1.165, 1.54) is 19.2 Å². The molecule has 0 unspecified atom stereocenters. The van der Waals surface area contributed by atoms with Crippen molar-refractivity contribution < 1.29 is 27.8 Å². The van der Waals surface area contributed by atoms with Crippen LogP contribution in [-0.2, 0) is 17.9 Å². The molecule has 0 saturated carbocycles. The number of nitrogens with zero attached hydrogens (tertiary/aromatic N) is 3. The summed E-state index contributed by atoms with van der Waals surface area (Å²) in [5, 5.41) is 0.766. The summed E-state index contributed by atoms with van der Waals surface area (Å²) in [6.07, 6.45) is 0.509. The molecule has 9 nitrogen and oxygen atoms in total. The molecule has 232 valence electrons. The van der Waals surface area contributed by atoms with Gasteiger partial charge in [0.2, 0.25) is 6.41 Å². The molecule has 0 atom stereocenters. The first kappa shape index (κ1) is 31.1. The fourth-order valence-corrected chi connectivity index (χ4v) is 5.59. The number of hydrogen-bond acceptors (Lipinski definition) is 6. The predicted molar refractivity (Wildman–Crippen MR) is 163 cm³/mol. The number of hydrogen-bond donors (Lipinski definition) is 0. The summed E-state index contributed by atoms with van der Waals surface area (Å²) in [7, 11) is 1.50. The minimum Gasteiger partial charge on any atom is -0.493 e. The van der Waals surface area contributed by atoms with Gasteiger partial charge in [-0.1, -0.05) is 29.8 Å². The number of halogens is 3. The van der Waals surface area contributed by atoms with E-state index >= 15 is 0 Å². The molecule has 12 heteroatoms. The third-order valence-corrected chi connectivity index (χ3v) is 7.89. The second-order valence-corrected chi connectivity index (χ2v) is 11.0. The molecule has 1 aliphatic rings. The number of carbonyl (C=O) groups excluding carboxylic acids is 1. The summed E-state index contributed by atoms with van der Waals surface area (Å²) in [5.74, 6) is 1.00. The standard InChI is InChI=1S/C32H32ClF2N3O6/c1-42-30-14-21(5-8-29(30)43-19-22-3-2-4-23(33)13-22)18-37-31(40)27-15-25(44-26(16-34)17-35)6-7-28(27)38(32(37)41)24-9-11-36(20-39)12-10-24/h2-8,13-15,20,24,26H,9-12,16-19H2,1H3. The predicted octanol–water partition coefficient (Wildman–Crippen LogP) is 4.93. The lowest BCUT2D eigenvalue weighted by Crippen LogP contribution is -2.44. The first-order valence-corrected chi connectivity index (χ1v) is 14.5. The summed E-state index contributed by atoms with van der Waals surface area (Å²) >= 11 is 6.07. The van der Waals surface area contributed by atoms with Gasteiger partial charge in [0, 0.05) is 24.2 Å². The minimum atomic E-state index is -1.31. The summed E-state index contributed by atoms with van der Waals surface area (Å²) in [4.78, 5) is 40.7. The number of alkyl halides is 2. The Morgan fingerprint density at radius 3 is 2.43 bits per heavy atom. The van der Waals surface area contributed by atoms with E-state index < -0.39 is 30.7 Å². The second kappa shape index (κ2) is 13.9. The van der Waals surface area contributed by atoms with Crippen molar-refractivity contribution in [3.8, 4) is 17.2 Å². The number of fused-ring (bicyclic) bond motifs is 1. The average Bonchev–Trinajstić information content (AvgIpc) is 3.05. The molecule has 5 rings (SSSR count). The van der Waals surface area contributed by atoms with Crippen molar-refractivity contribution in [2.24, 2.45) is 0 Å². The van der Waals surface area contributed by atoms with E-state index in [4.69, 9.17) is 25.8 Å². The monoisotopic (exact) mass is 627 g/mol. The van der Waals surface area contributed by atoms with Crippen molar-refractivity contribution in [3.05, 3.63) is 97.7 Å². The van der Waals surface area contributed by atoms with Crippen LogP contribution in [0.1, 0.15) is 30.0 Å². The Morgan fingerprint density at radius 2 is 1.75 bits per heavy atom. The highest BCUT2D eigenvalue weighted by Gasteiger charge is 2.25. The van der Waals surface area contributed by atoms with Crippen molar-refractivity contribution in [3.63, 3.8) is 0 Å². The SMILES string of the molecule is COc1cc(Cn2c(=O)c3cc(OC(CF)CF)ccc3n(C3CCN(C=O)CC3)c2=O)ccc1OCc1cccc(Cl)c1. The first-order valence-electron chi connectivity index (χ1n) is 14.2. The van der Waals surface area contributed by atoms with E-state index in [1.807, 2.05) is 12.1 Å². The Morgan fingerprint density at radius 1 is 0.977 bits per heavy atom. The Bertz CT molecular complexity index is 1750. The molecule has 0 spiro atoms. The number of rotatable bonds is 12. The minimum absolute atomic E-state index is 0.0750. The van der Waals surface area contributed by atoms with Crippen molar-refractivity contribution in [1.29, 1.82) is 0 Å². The maximum atomic E-state index is 14.0. The zero-order valence-electron chi connectivity index (χ0n) is 24.1. The second-order valence-electron chi connectivity index (χ2n) is 10.5. The zero-order valence-corrected chi connectivity index (χ0v) is 24.8. The van der Waals surface area contributed by atoms with Gasteiger partial charge in [-0.15, -0.1) is 0 Å². The van der Waals surface area contributed by atoms with Crippen LogP contribution in [0.5, 0.6) is 17.2 Å². The molecule has 2 heterocycles. The maximum absolute atomic E-state index is 14.0. The van der Waals surface area contributed by atoms with Crippen LogP contribution >= 0.6 is 11.6 Å². The van der Waals surface area contributed by atoms with Crippen LogP contribution < -0.4 is 25.5 Å². The normalized spacial score (nSPS) is 13.8. The lowest BCUT2D eigenvalue weighted by atomic mass is 10.0. The van der Waals surface area contributed by atoms with Crippen LogP contribution in [0.3, 0.4) is 0 Å². The lowest BCUT2D eigenvalue weighted by Gasteiger charge is -2.31. The molecular weight excluding hydrogens is 596 g/mol. The molecule has 0 aliphatic carbocycles. The van der Waals surface area contributed by atoms with Crippen molar-refractivity contribution in [2.75, 3.05) is 33.5 Å². The largest absolute Gasteiger partial charge is 0.493 e. The van der Waals surface area contributed by atoms with E-state index in [1.54, 1.807) is 45.9 Å². The van der Waals surface area contributed by atoms with Crippen LogP contribution in [0.25, 0.3) is 10.9 Å². The Hall–Kier alpha value is -4.38. The molecule has 1 saturated heterocycles. The Balaban J connectivity index is 1.52. The maximum Gasteiger partial charge on any atom is 0.332 e. The van der Waals surface area contributed by atoms with Crippen molar-refractivity contribution in [1.82, 2.24) is 14.0 Å². The molecule has 4 aromatic rings. The van der Waals surface area contributed by atoms with E-state index in [0.29, 0.717) is 53.5 Å². The van der Waals surface area contributed by atoms with Gasteiger partial charge >= 0.3 is 5.69 Å². The average molecular weight is 628 g/mol. The van der Waals surface area contributed by atoms with Crippen LogP contribution in [-0.4, -0.2) is 60.1 Å². The molecule has 1 amide bonds. The number of piperidine rings is 1. The number of benzene rings is 3. The Labute approximate surface area is 257 Å². The number of ether oxygens (including phenoxy) is 3. The van der Waals surface area contributed by atoms with Crippen LogP contribution in [0.2, 0.25) is 5.02 Å². The van der Waals surface area contributed by atoms with Gasteiger partial charge in [-0.25, -0.2) is 13.6 Å². The zero-order chi connectivity index (χ0) is 31.2. The number of likely N-dealkylation sites (tertiary alicyclic amines) is 1. The summed E-state index contributed by atoms with van der Waals surface area (Å²) in [5.41, 5.74) is 0.784. The van der Waals surface area contributed by atoms with E-state index in [2.05, 4.69) is 0 Å². The van der Waals surface area contributed by atoms with Gasteiger partial charge in [0.25, 0.3) is 5.56 Å². The van der Waals surface area contributed by atoms with Gasteiger partial charge in [-0.3, -0.25) is 18.7 Å². The first-order chi connectivity index (χ1) is 21.3. The number of methoxy groups -OCH3 is 1. The van der Waals surface area contributed by atoms with Crippen LogP contribution in [0.4, 0.5) is 8.78 Å². The molecule has 3 aromatic carbocycles. The molecule has 0 N–H and O–H groups in total. The summed E-state index contributed by atoms with van der Waals surface area (Å²) in [6, 6.07) is 16.6. The molecule has 1 aliphatic heterocycles. The molecule has 0 radical (unpaired) electrons.